The van der Waals surface area contributed by atoms with Crippen molar-refractivity contribution in [1.29, 1.82) is 0 Å². The van der Waals surface area contributed by atoms with Gasteiger partial charge in [-0.1, -0.05) is 6.07 Å². The van der Waals surface area contributed by atoms with Crippen LogP contribution in [0.5, 0.6) is 11.5 Å². The second kappa shape index (κ2) is 12.4. The summed E-state index contributed by atoms with van der Waals surface area (Å²) >= 11 is 0. The summed E-state index contributed by atoms with van der Waals surface area (Å²) in [6.45, 7) is 7.59. The van der Waals surface area contributed by atoms with Crippen molar-refractivity contribution >= 4 is 6.09 Å². The molecule has 0 bridgehead atoms. The van der Waals surface area contributed by atoms with Crippen molar-refractivity contribution in [3.8, 4) is 11.5 Å². The first kappa shape index (κ1) is 27.2. The molecule has 1 saturated heterocycles. The molecule has 0 unspecified atom stereocenters. The first-order valence-corrected chi connectivity index (χ1v) is 11.5. The maximum atomic E-state index is 12.4. The molecule has 1 aromatic carbocycles. The van der Waals surface area contributed by atoms with E-state index in [0.29, 0.717) is 31.1 Å². The number of nitrogens with one attached hydrogen (secondary N) is 1. The predicted molar refractivity (Wildman–Crippen MR) is 127 cm³/mol. The molecule has 1 heterocycles. The fourth-order valence-electron chi connectivity index (χ4n) is 3.65. The van der Waals surface area contributed by atoms with Crippen molar-refractivity contribution in [2.45, 2.75) is 64.0 Å². The van der Waals surface area contributed by atoms with E-state index in [-0.39, 0.29) is 19.1 Å². The summed E-state index contributed by atoms with van der Waals surface area (Å²) in [6.07, 6.45) is -0.894. The molecule has 9 heteroatoms. The molecule has 9 nitrogen and oxygen atoms in total. The van der Waals surface area contributed by atoms with Gasteiger partial charge in [0.1, 0.15) is 5.60 Å². The van der Waals surface area contributed by atoms with E-state index >= 15 is 0 Å². The topological polar surface area (TPSA) is 104 Å². The van der Waals surface area contributed by atoms with Gasteiger partial charge in [-0.25, -0.2) is 4.79 Å². The van der Waals surface area contributed by atoms with Gasteiger partial charge in [-0.15, -0.1) is 0 Å². The lowest BCUT2D eigenvalue weighted by atomic mass is 10.0. The van der Waals surface area contributed by atoms with Crippen LogP contribution in [-0.2, 0) is 11.3 Å². The number of aliphatic hydroxyl groups is 2. The maximum Gasteiger partial charge on any atom is 0.410 e. The molecular weight excluding hydrogens is 426 g/mol. The van der Waals surface area contributed by atoms with Crippen LogP contribution < -0.4 is 14.8 Å². The van der Waals surface area contributed by atoms with E-state index < -0.39 is 23.9 Å². The number of carbonyl (C=O) groups excluding carboxylic acids is 1. The van der Waals surface area contributed by atoms with Gasteiger partial charge in [0.15, 0.2) is 11.5 Å². The molecule has 0 aromatic heterocycles. The summed E-state index contributed by atoms with van der Waals surface area (Å²) in [4.78, 5) is 15.9. The van der Waals surface area contributed by atoms with Crippen molar-refractivity contribution in [2.75, 3.05) is 47.4 Å². The zero-order valence-corrected chi connectivity index (χ0v) is 20.8. The van der Waals surface area contributed by atoms with Gasteiger partial charge in [-0.05, 0) is 65.4 Å². The Kier molecular flexibility index (Phi) is 10.2. The van der Waals surface area contributed by atoms with Crippen LogP contribution in [0.2, 0.25) is 0 Å². The molecule has 0 aliphatic carbocycles. The summed E-state index contributed by atoms with van der Waals surface area (Å²) in [5.41, 5.74) is 0.320. The van der Waals surface area contributed by atoms with E-state index in [1.807, 2.05) is 32.3 Å². The summed E-state index contributed by atoms with van der Waals surface area (Å²) < 4.78 is 16.7. The lowest BCUT2D eigenvalue weighted by Crippen LogP contribution is -2.46. The number of benzene rings is 1. The zero-order valence-electron chi connectivity index (χ0n) is 20.8. The van der Waals surface area contributed by atoms with Crippen molar-refractivity contribution in [2.24, 2.45) is 0 Å². The van der Waals surface area contributed by atoms with Crippen molar-refractivity contribution in [3.05, 3.63) is 23.8 Å². The standard InChI is InChI=1S/C24H41N3O6/c1-24(2,3)33-23(30)27-15-18(28)13-19(20(29)16-27)25-14-17-8-9-21(22(12-17)31-6)32-11-7-10-26(4)5/h8-9,12,18-20,25,28-29H,7,10-11,13-16H2,1-6H3/t18-,19-,20-/m1/s1. The van der Waals surface area contributed by atoms with Crippen molar-refractivity contribution < 1.29 is 29.2 Å². The molecule has 0 spiro atoms. The summed E-state index contributed by atoms with van der Waals surface area (Å²) in [5, 5.41) is 24.4. The molecule has 1 amide bonds. The van der Waals surface area contributed by atoms with Crippen LogP contribution in [-0.4, -0.2) is 97.4 Å². The number of carbonyl (C=O) groups is 1. The number of hydrogen-bond donors (Lipinski definition) is 3. The SMILES string of the molecule is COc1cc(CN[C@@H]2C[C@@H](O)CN(C(=O)OC(C)(C)C)C[C@H]2O)ccc1OCCCN(C)C. The largest absolute Gasteiger partial charge is 0.493 e. The Morgan fingerprint density at radius 2 is 1.94 bits per heavy atom. The lowest BCUT2D eigenvalue weighted by Gasteiger charge is -2.28. The van der Waals surface area contributed by atoms with Crippen LogP contribution in [0.3, 0.4) is 0 Å². The minimum Gasteiger partial charge on any atom is -0.493 e. The van der Waals surface area contributed by atoms with E-state index in [1.54, 1.807) is 27.9 Å². The first-order chi connectivity index (χ1) is 15.5. The third-order valence-electron chi connectivity index (χ3n) is 5.28. The van der Waals surface area contributed by atoms with Gasteiger partial charge in [0.25, 0.3) is 0 Å². The number of aliphatic hydroxyl groups excluding tert-OH is 2. The van der Waals surface area contributed by atoms with Crippen molar-refractivity contribution in [1.82, 2.24) is 15.1 Å². The van der Waals surface area contributed by atoms with E-state index in [4.69, 9.17) is 14.2 Å². The van der Waals surface area contributed by atoms with E-state index in [9.17, 15) is 15.0 Å². The molecule has 3 atom stereocenters. The smallest absolute Gasteiger partial charge is 0.410 e. The van der Waals surface area contributed by atoms with E-state index in [2.05, 4.69) is 10.2 Å². The highest BCUT2D eigenvalue weighted by molar-refractivity contribution is 5.68. The number of nitrogens with zero attached hydrogens (tertiary/aromatic N) is 2. The summed E-state index contributed by atoms with van der Waals surface area (Å²) in [5.74, 6) is 1.34. The Bertz CT molecular complexity index is 752. The summed E-state index contributed by atoms with van der Waals surface area (Å²) in [7, 11) is 5.67. The van der Waals surface area contributed by atoms with Crippen LogP contribution in [0.1, 0.15) is 39.2 Å². The number of amides is 1. The zero-order chi connectivity index (χ0) is 24.6. The third kappa shape index (κ3) is 9.37. The first-order valence-electron chi connectivity index (χ1n) is 11.5. The molecule has 0 saturated carbocycles. The number of hydrogen-bond acceptors (Lipinski definition) is 8. The van der Waals surface area contributed by atoms with E-state index in [1.165, 1.54) is 4.90 Å². The van der Waals surface area contributed by atoms with Crippen LogP contribution >= 0.6 is 0 Å². The Hall–Kier alpha value is -2.07. The van der Waals surface area contributed by atoms with Gasteiger partial charge < -0.3 is 39.5 Å². The normalized spacial score (nSPS) is 21.6. The van der Waals surface area contributed by atoms with Crippen LogP contribution in [0, 0.1) is 0 Å². The minimum absolute atomic E-state index is 0.0900. The average Bonchev–Trinajstić information content (AvgIpc) is 2.86. The molecule has 0 radical (unpaired) electrons. The molecule has 3 N–H and O–H groups in total. The highest BCUT2D eigenvalue weighted by Gasteiger charge is 2.33. The molecule has 33 heavy (non-hydrogen) atoms. The van der Waals surface area contributed by atoms with Gasteiger partial charge in [0.2, 0.25) is 0 Å². The molecule has 2 rings (SSSR count). The fourth-order valence-corrected chi connectivity index (χ4v) is 3.65. The summed E-state index contributed by atoms with van der Waals surface area (Å²) in [6, 6.07) is 5.36. The quantitative estimate of drug-likeness (QED) is 0.473. The molecular formula is C24H41N3O6. The highest BCUT2D eigenvalue weighted by Crippen LogP contribution is 2.28. The monoisotopic (exact) mass is 467 g/mol. The Labute approximate surface area is 197 Å². The van der Waals surface area contributed by atoms with Crippen LogP contribution in [0.15, 0.2) is 18.2 Å². The Balaban J connectivity index is 1.94. The highest BCUT2D eigenvalue weighted by atomic mass is 16.6. The molecule has 1 fully saturated rings. The van der Waals surface area contributed by atoms with Gasteiger partial charge in [0.05, 0.1) is 39.0 Å². The van der Waals surface area contributed by atoms with Gasteiger partial charge >= 0.3 is 6.09 Å². The minimum atomic E-state index is -0.837. The second-order valence-electron chi connectivity index (χ2n) is 9.82. The average molecular weight is 468 g/mol. The number of likely N-dealkylation sites (tertiary alicyclic amines) is 1. The predicted octanol–water partition coefficient (Wildman–Crippen LogP) is 1.85. The maximum absolute atomic E-state index is 12.4. The molecule has 1 aliphatic rings. The van der Waals surface area contributed by atoms with Gasteiger partial charge in [-0.2, -0.15) is 0 Å². The van der Waals surface area contributed by atoms with Crippen LogP contribution in [0.4, 0.5) is 4.79 Å². The Morgan fingerprint density at radius 3 is 2.58 bits per heavy atom. The molecule has 1 aliphatic heterocycles. The van der Waals surface area contributed by atoms with E-state index in [0.717, 1.165) is 18.5 Å². The number of methoxy groups -OCH3 is 1. The number of β-amino-alcohol motifs (C(OH)–C–C–N with tert-alkyl or cyclic N) is 2. The van der Waals surface area contributed by atoms with Crippen LogP contribution in [0.25, 0.3) is 0 Å². The third-order valence-corrected chi connectivity index (χ3v) is 5.28. The fraction of sp³-hybridized carbons (Fsp3) is 0.708. The number of ether oxygens (including phenoxy) is 3. The van der Waals surface area contributed by atoms with Gasteiger partial charge in [0, 0.05) is 19.1 Å². The second-order valence-corrected chi connectivity index (χ2v) is 9.82. The molecule has 188 valence electrons. The van der Waals surface area contributed by atoms with Gasteiger partial charge in [-0.3, -0.25) is 0 Å². The van der Waals surface area contributed by atoms with Crippen molar-refractivity contribution in [3.63, 3.8) is 0 Å². The Morgan fingerprint density at radius 1 is 1.21 bits per heavy atom. The lowest BCUT2D eigenvalue weighted by molar-refractivity contribution is 0.0104. The molecule has 1 aromatic rings. The number of rotatable bonds is 9.